The van der Waals surface area contributed by atoms with Gasteiger partial charge in [-0.2, -0.15) is 0 Å². The number of hydrogen-bond acceptors (Lipinski definition) is 3. The lowest BCUT2D eigenvalue weighted by Crippen LogP contribution is -2.25. The number of pyridine rings is 1. The first kappa shape index (κ1) is 14.5. The lowest BCUT2D eigenvalue weighted by molar-refractivity contribution is 0.0950. The van der Waals surface area contributed by atoms with Crippen LogP contribution in [0.4, 0.5) is 4.39 Å². The Hall–Kier alpha value is -1.94. The summed E-state index contributed by atoms with van der Waals surface area (Å²) < 4.78 is 19.0. The van der Waals surface area contributed by atoms with Crippen LogP contribution < -0.4 is 4.74 Å². The van der Waals surface area contributed by atoms with Gasteiger partial charge in [0.15, 0.2) is 0 Å². The van der Waals surface area contributed by atoms with Crippen molar-refractivity contribution in [1.82, 2.24) is 4.98 Å². The third kappa shape index (κ3) is 2.96. The number of halogens is 1. The molecule has 0 aliphatic carbocycles. The molecule has 0 aliphatic heterocycles. The molecule has 3 nitrogen and oxygen atoms in total. The summed E-state index contributed by atoms with van der Waals surface area (Å²) >= 11 is 0. The van der Waals surface area contributed by atoms with E-state index in [2.05, 4.69) is 4.98 Å². The summed E-state index contributed by atoms with van der Waals surface area (Å²) in [6.07, 6.45) is 2.54. The number of aromatic nitrogens is 1. The molecule has 1 unspecified atom stereocenters. The van der Waals surface area contributed by atoms with Crippen LogP contribution in [0.3, 0.4) is 0 Å². The molecule has 0 aliphatic rings. The molecule has 20 heavy (non-hydrogen) atoms. The first-order valence-corrected chi connectivity index (χ1v) is 6.51. The number of benzene rings is 1. The molecule has 2 aromatic rings. The van der Waals surface area contributed by atoms with E-state index in [9.17, 15) is 9.50 Å². The van der Waals surface area contributed by atoms with Crippen molar-refractivity contribution in [3.8, 4) is 5.75 Å². The predicted octanol–water partition coefficient (Wildman–Crippen LogP) is 3.26. The molecule has 0 spiro atoms. The highest BCUT2D eigenvalue weighted by atomic mass is 19.1. The average Bonchev–Trinajstić information content (AvgIpc) is 2.38. The van der Waals surface area contributed by atoms with Crippen molar-refractivity contribution < 1.29 is 14.2 Å². The van der Waals surface area contributed by atoms with E-state index < -0.39 is 11.4 Å². The summed E-state index contributed by atoms with van der Waals surface area (Å²) in [6, 6.07) is 8.48. The van der Waals surface area contributed by atoms with Crippen LogP contribution in [0, 0.1) is 5.82 Å². The third-order valence-electron chi connectivity index (χ3n) is 3.04. The molecular formula is C16H18FNO2. The number of ether oxygens (including phenoxy) is 1. The second kappa shape index (κ2) is 5.59. The van der Waals surface area contributed by atoms with E-state index in [-0.39, 0.29) is 6.10 Å². The molecule has 0 bridgehead atoms. The molecule has 1 aromatic carbocycles. The summed E-state index contributed by atoms with van der Waals surface area (Å²) in [5, 5.41) is 10.8. The molecule has 0 radical (unpaired) electrons. The lowest BCUT2D eigenvalue weighted by Gasteiger charge is -2.27. The Morgan fingerprint density at radius 3 is 2.60 bits per heavy atom. The van der Waals surface area contributed by atoms with Gasteiger partial charge in [0.2, 0.25) is 0 Å². The Bertz CT molecular complexity index is 597. The third-order valence-corrected chi connectivity index (χ3v) is 3.04. The maximum absolute atomic E-state index is 13.3. The SMILES string of the molecule is CC(C)Oc1ccccc1C(C)(O)c1cncc(F)c1. The van der Waals surface area contributed by atoms with E-state index in [1.165, 1.54) is 12.3 Å². The van der Waals surface area contributed by atoms with Gasteiger partial charge in [-0.15, -0.1) is 0 Å². The summed E-state index contributed by atoms with van der Waals surface area (Å²) in [6.45, 7) is 5.43. The fourth-order valence-corrected chi connectivity index (χ4v) is 2.06. The van der Waals surface area contributed by atoms with Crippen LogP contribution in [0.25, 0.3) is 0 Å². The standard InChI is InChI=1S/C16H18FNO2/c1-11(2)20-15-7-5-4-6-14(15)16(3,19)12-8-13(17)10-18-9-12/h4-11,19H,1-3H3. The van der Waals surface area contributed by atoms with Crippen LogP contribution in [-0.2, 0) is 5.60 Å². The first-order valence-electron chi connectivity index (χ1n) is 6.51. The van der Waals surface area contributed by atoms with E-state index in [1.54, 1.807) is 19.1 Å². The van der Waals surface area contributed by atoms with Gasteiger partial charge in [-0.05, 0) is 32.9 Å². The molecule has 0 saturated heterocycles. The van der Waals surface area contributed by atoms with Crippen LogP contribution in [-0.4, -0.2) is 16.2 Å². The highest BCUT2D eigenvalue weighted by molar-refractivity contribution is 5.43. The molecule has 0 fully saturated rings. The van der Waals surface area contributed by atoms with Crippen molar-refractivity contribution in [3.05, 3.63) is 59.7 Å². The van der Waals surface area contributed by atoms with Gasteiger partial charge in [-0.3, -0.25) is 4.98 Å². The van der Waals surface area contributed by atoms with Gasteiger partial charge in [-0.25, -0.2) is 4.39 Å². The maximum atomic E-state index is 13.3. The molecular weight excluding hydrogens is 257 g/mol. The molecule has 2 rings (SSSR count). The quantitative estimate of drug-likeness (QED) is 0.931. The minimum absolute atomic E-state index is 0.0161. The smallest absolute Gasteiger partial charge is 0.141 e. The van der Waals surface area contributed by atoms with E-state index in [0.29, 0.717) is 16.9 Å². The van der Waals surface area contributed by atoms with Crippen LogP contribution in [0.2, 0.25) is 0 Å². The highest BCUT2D eigenvalue weighted by Crippen LogP contribution is 2.35. The molecule has 0 saturated carbocycles. The minimum Gasteiger partial charge on any atom is -0.491 e. The van der Waals surface area contributed by atoms with Crippen LogP contribution in [0.15, 0.2) is 42.7 Å². The molecule has 1 heterocycles. The van der Waals surface area contributed by atoms with Gasteiger partial charge in [-0.1, -0.05) is 18.2 Å². The van der Waals surface area contributed by atoms with Crippen molar-refractivity contribution in [2.24, 2.45) is 0 Å². The van der Waals surface area contributed by atoms with E-state index in [0.717, 1.165) is 6.20 Å². The van der Waals surface area contributed by atoms with Gasteiger partial charge in [0.1, 0.15) is 17.2 Å². The monoisotopic (exact) mass is 275 g/mol. The molecule has 0 amide bonds. The first-order chi connectivity index (χ1) is 9.41. The second-order valence-electron chi connectivity index (χ2n) is 5.13. The summed E-state index contributed by atoms with van der Waals surface area (Å²) in [5.74, 6) is 0.0989. The zero-order chi connectivity index (χ0) is 14.8. The normalized spacial score (nSPS) is 14.1. The number of para-hydroxylation sites is 1. The molecule has 106 valence electrons. The number of aliphatic hydroxyl groups is 1. The number of hydrogen-bond donors (Lipinski definition) is 1. The molecule has 4 heteroatoms. The van der Waals surface area contributed by atoms with Crippen molar-refractivity contribution >= 4 is 0 Å². The van der Waals surface area contributed by atoms with E-state index in [1.807, 2.05) is 26.0 Å². The predicted molar refractivity (Wildman–Crippen MR) is 75.1 cm³/mol. The van der Waals surface area contributed by atoms with Crippen molar-refractivity contribution in [2.45, 2.75) is 32.5 Å². The zero-order valence-corrected chi connectivity index (χ0v) is 11.8. The second-order valence-corrected chi connectivity index (χ2v) is 5.13. The number of nitrogens with zero attached hydrogens (tertiary/aromatic N) is 1. The van der Waals surface area contributed by atoms with Crippen molar-refractivity contribution in [2.75, 3.05) is 0 Å². The zero-order valence-electron chi connectivity index (χ0n) is 11.8. The Labute approximate surface area is 118 Å². The number of rotatable bonds is 4. The summed E-state index contributed by atoms with van der Waals surface area (Å²) in [5.41, 5.74) is -0.404. The van der Waals surface area contributed by atoms with E-state index >= 15 is 0 Å². The molecule has 1 atom stereocenters. The van der Waals surface area contributed by atoms with Crippen LogP contribution >= 0.6 is 0 Å². The van der Waals surface area contributed by atoms with Gasteiger partial charge < -0.3 is 9.84 Å². The Morgan fingerprint density at radius 1 is 1.25 bits per heavy atom. The fraction of sp³-hybridized carbons (Fsp3) is 0.312. The molecule has 1 N–H and O–H groups in total. The van der Waals surface area contributed by atoms with Gasteiger partial charge in [0.25, 0.3) is 0 Å². The molecule has 1 aromatic heterocycles. The highest BCUT2D eigenvalue weighted by Gasteiger charge is 2.30. The van der Waals surface area contributed by atoms with Gasteiger partial charge in [0, 0.05) is 17.3 Å². The Morgan fingerprint density at radius 2 is 1.95 bits per heavy atom. The van der Waals surface area contributed by atoms with Crippen molar-refractivity contribution in [1.29, 1.82) is 0 Å². The lowest BCUT2D eigenvalue weighted by atomic mass is 9.88. The van der Waals surface area contributed by atoms with Gasteiger partial charge in [0.05, 0.1) is 12.3 Å². The topological polar surface area (TPSA) is 42.4 Å². The van der Waals surface area contributed by atoms with Crippen molar-refractivity contribution in [3.63, 3.8) is 0 Å². The van der Waals surface area contributed by atoms with Crippen LogP contribution in [0.1, 0.15) is 31.9 Å². The Balaban J connectivity index is 2.48. The van der Waals surface area contributed by atoms with E-state index in [4.69, 9.17) is 4.74 Å². The maximum Gasteiger partial charge on any atom is 0.141 e. The van der Waals surface area contributed by atoms with Gasteiger partial charge >= 0.3 is 0 Å². The Kier molecular flexibility index (Phi) is 4.04. The largest absolute Gasteiger partial charge is 0.491 e. The minimum atomic E-state index is -1.37. The summed E-state index contributed by atoms with van der Waals surface area (Å²) in [7, 11) is 0. The average molecular weight is 275 g/mol. The summed E-state index contributed by atoms with van der Waals surface area (Å²) in [4.78, 5) is 3.79. The van der Waals surface area contributed by atoms with Crippen LogP contribution in [0.5, 0.6) is 5.75 Å². The fourth-order valence-electron chi connectivity index (χ4n) is 2.06.